The van der Waals surface area contributed by atoms with Crippen LogP contribution in [0.1, 0.15) is 17.5 Å². The van der Waals surface area contributed by atoms with E-state index in [1.807, 2.05) is 6.92 Å². The van der Waals surface area contributed by atoms with E-state index in [-0.39, 0.29) is 12.6 Å². The summed E-state index contributed by atoms with van der Waals surface area (Å²) in [7, 11) is 0. The van der Waals surface area contributed by atoms with E-state index in [1.165, 1.54) is 11.3 Å². The van der Waals surface area contributed by atoms with Gasteiger partial charge in [-0.15, -0.1) is 11.3 Å². The smallest absolute Gasteiger partial charge is 0.222 e. The van der Waals surface area contributed by atoms with Gasteiger partial charge in [-0.3, -0.25) is 4.57 Å². The molecule has 0 aromatic carbocycles. The van der Waals surface area contributed by atoms with Crippen LogP contribution in [0.2, 0.25) is 0 Å². The Labute approximate surface area is 140 Å². The number of nitrogens with zero attached hydrogens (tertiary/aromatic N) is 5. The zero-order chi connectivity index (χ0) is 16.8. The topological polar surface area (TPSA) is 132 Å². The molecule has 1 saturated heterocycles. The molecular formula is C14H16N6O3S. The molecule has 4 heterocycles. The Kier molecular flexibility index (Phi) is 3.68. The van der Waals surface area contributed by atoms with Crippen LogP contribution in [0, 0.1) is 6.92 Å². The molecule has 1 aliphatic rings. The predicted octanol–water partition coefficient (Wildman–Crippen LogP) is 0.481. The van der Waals surface area contributed by atoms with Crippen LogP contribution in [0.5, 0.6) is 0 Å². The van der Waals surface area contributed by atoms with Crippen LogP contribution in [0.4, 0.5) is 5.95 Å². The van der Waals surface area contributed by atoms with Crippen molar-refractivity contribution in [1.82, 2.24) is 24.5 Å². The summed E-state index contributed by atoms with van der Waals surface area (Å²) in [6.07, 6.45) is 1.86. The summed E-state index contributed by atoms with van der Waals surface area (Å²) >= 11 is 1.50. The van der Waals surface area contributed by atoms with E-state index in [2.05, 4.69) is 19.9 Å². The van der Waals surface area contributed by atoms with Gasteiger partial charge in [0, 0.05) is 17.5 Å². The van der Waals surface area contributed by atoms with E-state index >= 15 is 0 Å². The number of nitrogens with two attached hydrogens (primary N) is 1. The number of nitrogen functional groups attached to an aromatic ring is 1. The van der Waals surface area contributed by atoms with Crippen molar-refractivity contribution in [3.63, 3.8) is 0 Å². The van der Waals surface area contributed by atoms with E-state index in [0.29, 0.717) is 23.3 Å². The molecule has 0 spiro atoms. The highest BCUT2D eigenvalue weighted by Crippen LogP contribution is 2.34. The molecular weight excluding hydrogens is 332 g/mol. The Morgan fingerprint density at radius 1 is 1.42 bits per heavy atom. The highest BCUT2D eigenvalue weighted by molar-refractivity contribution is 7.15. The van der Waals surface area contributed by atoms with Crippen LogP contribution in [0.3, 0.4) is 0 Å². The van der Waals surface area contributed by atoms with E-state index in [1.54, 1.807) is 17.1 Å². The molecule has 0 bridgehead atoms. The normalized spacial score (nSPS) is 24.0. The number of aliphatic hydroxyl groups is 2. The highest BCUT2D eigenvalue weighted by atomic mass is 32.1. The van der Waals surface area contributed by atoms with Crippen LogP contribution in [0.25, 0.3) is 21.9 Å². The molecule has 0 unspecified atom stereocenters. The first-order chi connectivity index (χ1) is 11.6. The van der Waals surface area contributed by atoms with Gasteiger partial charge in [-0.2, -0.15) is 4.98 Å². The van der Waals surface area contributed by atoms with Crippen LogP contribution >= 0.6 is 11.3 Å². The number of fused-ring (bicyclic) bond motifs is 1. The maximum absolute atomic E-state index is 9.94. The molecule has 0 amide bonds. The van der Waals surface area contributed by atoms with E-state index in [4.69, 9.17) is 10.5 Å². The second-order valence-corrected chi connectivity index (χ2v) is 6.88. The van der Waals surface area contributed by atoms with Crippen molar-refractivity contribution in [2.75, 3.05) is 12.3 Å². The third-order valence-electron chi connectivity index (χ3n) is 3.96. The number of rotatable bonds is 3. The molecule has 1 fully saturated rings. The van der Waals surface area contributed by atoms with Crippen molar-refractivity contribution in [3.8, 4) is 10.7 Å². The molecule has 9 nitrogen and oxygen atoms in total. The van der Waals surface area contributed by atoms with Crippen molar-refractivity contribution < 1.29 is 14.9 Å². The first kappa shape index (κ1) is 15.4. The summed E-state index contributed by atoms with van der Waals surface area (Å²) in [6.45, 7) is 1.72. The summed E-state index contributed by atoms with van der Waals surface area (Å²) in [5, 5.41) is 19.9. The quantitative estimate of drug-likeness (QED) is 0.623. The number of hydrogen-bond acceptors (Lipinski definition) is 9. The number of aromatic nitrogens is 5. The first-order valence-electron chi connectivity index (χ1n) is 7.44. The molecule has 1 aliphatic heterocycles. The molecule has 0 saturated carbocycles. The number of thiazole rings is 1. The Bertz CT molecular complexity index is 894. The minimum atomic E-state index is -0.738. The van der Waals surface area contributed by atoms with Crippen LogP contribution < -0.4 is 5.73 Å². The molecule has 10 heteroatoms. The number of aliphatic hydroxyl groups excluding tert-OH is 2. The van der Waals surface area contributed by atoms with E-state index < -0.39 is 18.4 Å². The standard InChI is InChI=1S/C14H16N6O3S/c1-6-3-16-13(24-6)11-10-12(19-14(15)18-11)20(5-17-10)9-2-7(22)8(4-21)23-9/h3,5,7-9,21-22H,2,4H2,1H3,(H2,15,18,19)/t7-,8+,9+/m0/s1. The predicted molar refractivity (Wildman–Crippen MR) is 87.2 cm³/mol. The van der Waals surface area contributed by atoms with Crippen molar-refractivity contribution >= 4 is 28.4 Å². The van der Waals surface area contributed by atoms with E-state index in [0.717, 1.165) is 9.88 Å². The number of aryl methyl sites for hydroxylation is 1. The van der Waals surface area contributed by atoms with Gasteiger partial charge in [-0.1, -0.05) is 0 Å². The van der Waals surface area contributed by atoms with Gasteiger partial charge in [0.2, 0.25) is 5.95 Å². The Balaban J connectivity index is 1.81. The zero-order valence-electron chi connectivity index (χ0n) is 12.8. The lowest BCUT2D eigenvalue weighted by Gasteiger charge is -2.13. The number of ether oxygens (including phenoxy) is 1. The first-order valence-corrected chi connectivity index (χ1v) is 8.25. The second-order valence-electron chi connectivity index (χ2n) is 5.65. The zero-order valence-corrected chi connectivity index (χ0v) is 13.6. The molecule has 3 atom stereocenters. The fourth-order valence-corrected chi connectivity index (χ4v) is 3.56. The lowest BCUT2D eigenvalue weighted by Crippen LogP contribution is -2.24. The van der Waals surface area contributed by atoms with Gasteiger partial charge < -0.3 is 20.7 Å². The van der Waals surface area contributed by atoms with Crippen molar-refractivity contribution in [2.45, 2.75) is 31.8 Å². The van der Waals surface area contributed by atoms with Crippen LogP contribution in [0.15, 0.2) is 12.5 Å². The third kappa shape index (κ3) is 2.44. The van der Waals surface area contributed by atoms with Crippen molar-refractivity contribution in [1.29, 1.82) is 0 Å². The second kappa shape index (κ2) is 5.74. The minimum Gasteiger partial charge on any atom is -0.394 e. The molecule has 0 aliphatic carbocycles. The van der Waals surface area contributed by atoms with E-state index in [9.17, 15) is 10.2 Å². The monoisotopic (exact) mass is 348 g/mol. The fourth-order valence-electron chi connectivity index (χ4n) is 2.81. The van der Waals surface area contributed by atoms with Gasteiger partial charge in [-0.25, -0.2) is 15.0 Å². The average Bonchev–Trinajstić information content (AvgIpc) is 3.24. The molecule has 24 heavy (non-hydrogen) atoms. The summed E-state index contributed by atoms with van der Waals surface area (Å²) in [4.78, 5) is 18.3. The molecule has 3 aromatic rings. The lowest BCUT2D eigenvalue weighted by atomic mass is 10.2. The molecule has 126 valence electrons. The van der Waals surface area contributed by atoms with Crippen molar-refractivity contribution in [2.24, 2.45) is 0 Å². The summed E-state index contributed by atoms with van der Waals surface area (Å²) in [5.74, 6) is 0.115. The number of imidazole rings is 1. The van der Waals surface area contributed by atoms with Gasteiger partial charge in [0.1, 0.15) is 28.6 Å². The van der Waals surface area contributed by atoms with Crippen molar-refractivity contribution in [3.05, 3.63) is 17.4 Å². The lowest BCUT2D eigenvalue weighted by molar-refractivity contribution is -0.0432. The van der Waals surface area contributed by atoms with Crippen LogP contribution in [-0.2, 0) is 4.74 Å². The molecule has 4 N–H and O–H groups in total. The minimum absolute atomic E-state index is 0.115. The van der Waals surface area contributed by atoms with Gasteiger partial charge >= 0.3 is 0 Å². The Morgan fingerprint density at radius 2 is 2.25 bits per heavy atom. The third-order valence-corrected chi connectivity index (χ3v) is 4.88. The summed E-state index contributed by atoms with van der Waals surface area (Å²) < 4.78 is 7.38. The van der Waals surface area contributed by atoms with Gasteiger partial charge in [0.25, 0.3) is 0 Å². The maximum atomic E-state index is 9.94. The van der Waals surface area contributed by atoms with Gasteiger partial charge in [0.15, 0.2) is 5.65 Å². The SMILES string of the molecule is Cc1cnc(-c2nc(N)nc3c2ncn3[C@H]2C[C@H](O)[C@@H](CO)O2)s1. The molecule has 0 radical (unpaired) electrons. The van der Waals surface area contributed by atoms with Gasteiger partial charge in [0.05, 0.1) is 19.0 Å². The number of anilines is 1. The molecule has 3 aromatic heterocycles. The van der Waals surface area contributed by atoms with Crippen LogP contribution in [-0.4, -0.2) is 53.5 Å². The van der Waals surface area contributed by atoms with Gasteiger partial charge in [-0.05, 0) is 6.92 Å². The molecule has 4 rings (SSSR count). The summed E-state index contributed by atoms with van der Waals surface area (Å²) in [6, 6.07) is 0. The maximum Gasteiger partial charge on any atom is 0.222 e. The average molecular weight is 348 g/mol. The Hall–Kier alpha value is -2.14. The summed E-state index contributed by atoms with van der Waals surface area (Å²) in [5.41, 5.74) is 7.52. The Morgan fingerprint density at radius 3 is 2.92 bits per heavy atom. The largest absolute Gasteiger partial charge is 0.394 e. The fraction of sp³-hybridized carbons (Fsp3) is 0.429. The number of hydrogen-bond donors (Lipinski definition) is 3. The highest BCUT2D eigenvalue weighted by Gasteiger charge is 2.35.